The molecule has 1 aliphatic rings. The van der Waals surface area contributed by atoms with Gasteiger partial charge in [0.25, 0.3) is 5.91 Å². The minimum atomic E-state index is -0.238. The molecule has 136 valence electrons. The van der Waals surface area contributed by atoms with Gasteiger partial charge in [0.2, 0.25) is 5.91 Å². The smallest absolute Gasteiger partial charge is 0.255 e. The van der Waals surface area contributed by atoms with Crippen molar-refractivity contribution in [1.82, 2.24) is 10.2 Å². The molecule has 1 aliphatic heterocycles. The van der Waals surface area contributed by atoms with E-state index >= 15 is 0 Å². The van der Waals surface area contributed by atoms with Gasteiger partial charge in [-0.3, -0.25) is 9.59 Å². The van der Waals surface area contributed by atoms with E-state index < -0.39 is 0 Å². The number of fused-ring (bicyclic) bond motifs is 1. The number of aryl methyl sites for hydroxylation is 1. The minimum Gasteiger partial charge on any atom is -0.353 e. The van der Waals surface area contributed by atoms with Gasteiger partial charge in [-0.25, -0.2) is 4.39 Å². The third-order valence-electron chi connectivity index (χ3n) is 4.95. The zero-order valence-electron chi connectivity index (χ0n) is 15.0. The van der Waals surface area contributed by atoms with E-state index in [1.807, 2.05) is 36.4 Å². The highest BCUT2D eigenvalue weighted by atomic mass is 19.1. The second-order valence-electron chi connectivity index (χ2n) is 6.75. The van der Waals surface area contributed by atoms with Crippen LogP contribution in [0.2, 0.25) is 0 Å². The van der Waals surface area contributed by atoms with Gasteiger partial charge in [-0.05, 0) is 52.6 Å². The average Bonchev–Trinajstić information content (AvgIpc) is 2.68. The Bertz CT molecular complexity index is 1060. The van der Waals surface area contributed by atoms with Crippen molar-refractivity contribution in [3.63, 3.8) is 0 Å². The summed E-state index contributed by atoms with van der Waals surface area (Å²) in [6.07, 6.45) is 0. The Morgan fingerprint density at radius 1 is 1.07 bits per heavy atom. The average molecular weight is 362 g/mol. The highest BCUT2D eigenvalue weighted by Crippen LogP contribution is 2.31. The molecule has 0 unspecified atom stereocenters. The van der Waals surface area contributed by atoms with E-state index in [9.17, 15) is 14.0 Å². The molecular weight excluding hydrogens is 343 g/mol. The summed E-state index contributed by atoms with van der Waals surface area (Å²) in [7, 11) is 0. The molecular formula is C22H19FN2O2. The first-order chi connectivity index (χ1) is 13.0. The van der Waals surface area contributed by atoms with Crippen LogP contribution in [0.25, 0.3) is 21.9 Å². The van der Waals surface area contributed by atoms with E-state index in [1.54, 1.807) is 24.0 Å². The van der Waals surface area contributed by atoms with Crippen LogP contribution >= 0.6 is 0 Å². The molecule has 0 saturated carbocycles. The summed E-state index contributed by atoms with van der Waals surface area (Å²) in [6, 6.07) is 16.4. The second kappa shape index (κ2) is 6.83. The number of hydrogen-bond donors (Lipinski definition) is 1. The van der Waals surface area contributed by atoms with E-state index in [1.165, 1.54) is 6.07 Å². The third kappa shape index (κ3) is 3.16. The van der Waals surface area contributed by atoms with Gasteiger partial charge in [0, 0.05) is 18.7 Å². The summed E-state index contributed by atoms with van der Waals surface area (Å²) >= 11 is 0. The van der Waals surface area contributed by atoms with E-state index in [4.69, 9.17) is 0 Å². The molecule has 0 aromatic heterocycles. The molecule has 1 saturated heterocycles. The van der Waals surface area contributed by atoms with Crippen LogP contribution in [-0.2, 0) is 4.79 Å². The zero-order chi connectivity index (χ0) is 19.0. The van der Waals surface area contributed by atoms with Gasteiger partial charge in [-0.15, -0.1) is 0 Å². The van der Waals surface area contributed by atoms with E-state index in [-0.39, 0.29) is 24.2 Å². The summed E-state index contributed by atoms with van der Waals surface area (Å²) < 4.78 is 13.7. The van der Waals surface area contributed by atoms with Crippen LogP contribution in [0.1, 0.15) is 15.9 Å². The van der Waals surface area contributed by atoms with Gasteiger partial charge >= 0.3 is 0 Å². The number of nitrogens with one attached hydrogen (secondary N) is 1. The number of piperazine rings is 1. The van der Waals surface area contributed by atoms with E-state index in [0.29, 0.717) is 24.2 Å². The number of carbonyl (C=O) groups excluding carboxylic acids is 2. The summed E-state index contributed by atoms with van der Waals surface area (Å²) in [5, 5.41) is 4.49. The van der Waals surface area contributed by atoms with Crippen molar-refractivity contribution in [3.05, 3.63) is 71.5 Å². The summed E-state index contributed by atoms with van der Waals surface area (Å²) in [5.74, 6) is -0.529. The Balaban J connectivity index is 1.81. The number of halogens is 1. The Kier molecular flexibility index (Phi) is 4.36. The fraction of sp³-hybridized carbons (Fsp3) is 0.182. The lowest BCUT2D eigenvalue weighted by molar-refractivity contribution is -0.123. The van der Waals surface area contributed by atoms with Gasteiger partial charge in [-0.1, -0.05) is 36.4 Å². The van der Waals surface area contributed by atoms with Gasteiger partial charge < -0.3 is 10.2 Å². The van der Waals surface area contributed by atoms with Gasteiger partial charge in [0.15, 0.2) is 0 Å². The van der Waals surface area contributed by atoms with Crippen molar-refractivity contribution in [2.45, 2.75) is 6.92 Å². The number of hydrogen-bond acceptors (Lipinski definition) is 2. The number of carbonyl (C=O) groups is 2. The Hall–Kier alpha value is -3.21. The lowest BCUT2D eigenvalue weighted by Gasteiger charge is -2.27. The van der Waals surface area contributed by atoms with Crippen molar-refractivity contribution < 1.29 is 14.0 Å². The van der Waals surface area contributed by atoms with Crippen LogP contribution in [0.3, 0.4) is 0 Å². The third-order valence-corrected chi connectivity index (χ3v) is 4.95. The van der Waals surface area contributed by atoms with Crippen molar-refractivity contribution in [1.29, 1.82) is 0 Å². The molecule has 2 amide bonds. The summed E-state index contributed by atoms with van der Waals surface area (Å²) in [5.41, 5.74) is 3.00. The maximum atomic E-state index is 13.7. The Morgan fingerprint density at radius 3 is 2.63 bits per heavy atom. The lowest BCUT2D eigenvalue weighted by atomic mass is 9.94. The number of nitrogens with zero attached hydrogens (tertiary/aromatic N) is 1. The fourth-order valence-corrected chi connectivity index (χ4v) is 3.54. The van der Waals surface area contributed by atoms with Crippen molar-refractivity contribution in [2.75, 3.05) is 19.6 Å². The molecule has 4 nitrogen and oxygen atoms in total. The molecule has 27 heavy (non-hydrogen) atoms. The van der Waals surface area contributed by atoms with Crippen LogP contribution in [-0.4, -0.2) is 36.3 Å². The molecule has 1 fully saturated rings. The van der Waals surface area contributed by atoms with Gasteiger partial charge in [-0.2, -0.15) is 0 Å². The largest absolute Gasteiger partial charge is 0.353 e. The number of benzene rings is 3. The lowest BCUT2D eigenvalue weighted by Crippen LogP contribution is -2.50. The molecule has 1 heterocycles. The predicted molar refractivity (Wildman–Crippen MR) is 103 cm³/mol. The second-order valence-corrected chi connectivity index (χ2v) is 6.75. The molecule has 4 rings (SSSR count). The van der Waals surface area contributed by atoms with Crippen LogP contribution in [0.15, 0.2) is 54.6 Å². The molecule has 0 aliphatic carbocycles. The number of amides is 2. The topological polar surface area (TPSA) is 49.4 Å². The first-order valence-corrected chi connectivity index (χ1v) is 8.89. The monoisotopic (exact) mass is 362 g/mol. The van der Waals surface area contributed by atoms with E-state index in [2.05, 4.69) is 5.32 Å². The highest BCUT2D eigenvalue weighted by Gasteiger charge is 2.23. The molecule has 3 aromatic rings. The SMILES string of the molecule is Cc1cc(-c2cccc3c(C(=O)N4CCNC(=O)C4)cccc23)ccc1F. The van der Waals surface area contributed by atoms with Crippen LogP contribution in [0.5, 0.6) is 0 Å². The van der Waals surface area contributed by atoms with Crippen molar-refractivity contribution in [2.24, 2.45) is 0 Å². The van der Waals surface area contributed by atoms with E-state index in [0.717, 1.165) is 21.9 Å². The molecule has 3 aromatic carbocycles. The Labute approximate surface area is 156 Å². The minimum absolute atomic E-state index is 0.0755. The predicted octanol–water partition coefficient (Wildman–Crippen LogP) is 3.53. The molecule has 1 N–H and O–H groups in total. The summed E-state index contributed by atoms with van der Waals surface area (Å²) in [4.78, 5) is 26.2. The zero-order valence-corrected chi connectivity index (χ0v) is 15.0. The molecule has 0 atom stereocenters. The highest BCUT2D eigenvalue weighted by molar-refractivity contribution is 6.11. The quantitative estimate of drug-likeness (QED) is 0.758. The molecule has 0 spiro atoms. The number of rotatable bonds is 2. The maximum absolute atomic E-state index is 13.7. The van der Waals surface area contributed by atoms with Gasteiger partial charge in [0.1, 0.15) is 5.82 Å². The normalized spacial score (nSPS) is 14.3. The summed E-state index contributed by atoms with van der Waals surface area (Å²) in [6.45, 7) is 2.78. The van der Waals surface area contributed by atoms with Gasteiger partial charge in [0.05, 0.1) is 6.54 Å². The first kappa shape index (κ1) is 17.2. The first-order valence-electron chi connectivity index (χ1n) is 8.89. The van der Waals surface area contributed by atoms with Crippen LogP contribution in [0.4, 0.5) is 4.39 Å². The maximum Gasteiger partial charge on any atom is 0.255 e. The standard InChI is InChI=1S/C22H19FN2O2/c1-14-12-15(8-9-20(14)23)16-4-2-6-18-17(16)5-3-7-19(18)22(27)25-11-10-24-21(26)13-25/h2-9,12H,10-11,13H2,1H3,(H,24,26). The Morgan fingerprint density at radius 2 is 1.85 bits per heavy atom. The molecule has 0 bridgehead atoms. The van der Waals surface area contributed by atoms with Crippen LogP contribution in [0, 0.1) is 12.7 Å². The molecule has 5 heteroatoms. The van der Waals surface area contributed by atoms with Crippen molar-refractivity contribution in [3.8, 4) is 11.1 Å². The fourth-order valence-electron chi connectivity index (χ4n) is 3.54. The molecule has 0 radical (unpaired) electrons. The van der Waals surface area contributed by atoms with Crippen molar-refractivity contribution >= 4 is 22.6 Å². The van der Waals surface area contributed by atoms with Crippen LogP contribution < -0.4 is 5.32 Å².